The van der Waals surface area contributed by atoms with Gasteiger partial charge in [-0.15, -0.1) is 5.10 Å². The lowest BCUT2D eigenvalue weighted by Gasteiger charge is -2.06. The summed E-state index contributed by atoms with van der Waals surface area (Å²) in [5, 5.41) is 7.39. The van der Waals surface area contributed by atoms with E-state index in [1.165, 1.54) is 0 Å². The van der Waals surface area contributed by atoms with E-state index in [0.29, 0.717) is 11.4 Å². The molecule has 0 aliphatic carbocycles. The molecule has 0 aliphatic heterocycles. The Labute approximate surface area is 114 Å². The van der Waals surface area contributed by atoms with Gasteiger partial charge in [0.25, 0.3) is 16.0 Å². The van der Waals surface area contributed by atoms with Crippen molar-refractivity contribution in [3.8, 4) is 0 Å². The van der Waals surface area contributed by atoms with Crippen LogP contribution in [-0.4, -0.2) is 33.6 Å². The highest BCUT2D eigenvalue weighted by molar-refractivity contribution is 7.92. The number of anilines is 1. The van der Waals surface area contributed by atoms with E-state index < -0.39 is 10.0 Å². The lowest BCUT2D eigenvalue weighted by molar-refractivity contribution is 0.599. The number of rotatable bonds is 3. The van der Waals surface area contributed by atoms with Crippen molar-refractivity contribution < 1.29 is 8.42 Å². The van der Waals surface area contributed by atoms with Crippen LogP contribution in [0, 0.1) is 13.8 Å². The highest BCUT2D eigenvalue weighted by atomic mass is 35.5. The number of sulfonamides is 1. The van der Waals surface area contributed by atoms with E-state index in [2.05, 4.69) is 29.9 Å². The van der Waals surface area contributed by atoms with Gasteiger partial charge in [0, 0.05) is 0 Å². The number of aryl methyl sites for hydroxylation is 2. The van der Waals surface area contributed by atoms with Crippen molar-refractivity contribution in [1.82, 2.24) is 25.1 Å². The molecule has 0 radical (unpaired) electrons. The Balaban J connectivity index is 2.30. The van der Waals surface area contributed by atoms with Gasteiger partial charge in [-0.2, -0.15) is 5.10 Å². The van der Waals surface area contributed by atoms with Crippen molar-refractivity contribution >= 4 is 27.6 Å². The van der Waals surface area contributed by atoms with Gasteiger partial charge in [0.15, 0.2) is 0 Å². The average molecular weight is 301 g/mol. The summed E-state index contributed by atoms with van der Waals surface area (Å²) in [6.07, 6.45) is 2.18. The lowest BCUT2D eigenvalue weighted by atomic mass is 10.4. The Bertz CT molecular complexity index is 703. The van der Waals surface area contributed by atoms with Crippen molar-refractivity contribution in [3.05, 3.63) is 29.1 Å². The molecule has 8 nitrogen and oxygen atoms in total. The van der Waals surface area contributed by atoms with Crippen LogP contribution in [-0.2, 0) is 10.0 Å². The van der Waals surface area contributed by atoms with Crippen molar-refractivity contribution in [2.24, 2.45) is 0 Å². The maximum atomic E-state index is 12.0. The molecule has 0 fully saturated rings. The van der Waals surface area contributed by atoms with Crippen LogP contribution in [0.4, 0.5) is 5.95 Å². The highest BCUT2D eigenvalue weighted by Gasteiger charge is 2.17. The molecule has 0 atom stereocenters. The van der Waals surface area contributed by atoms with Crippen molar-refractivity contribution in [1.29, 1.82) is 0 Å². The molecule has 0 spiro atoms. The minimum Gasteiger partial charge on any atom is -0.246 e. The zero-order valence-corrected chi connectivity index (χ0v) is 11.6. The number of nitrogens with zero attached hydrogens (tertiary/aromatic N) is 5. The van der Waals surface area contributed by atoms with Crippen LogP contribution >= 0.6 is 11.6 Å². The van der Waals surface area contributed by atoms with E-state index in [1.807, 2.05) is 0 Å². The number of nitrogens with one attached hydrogen (secondary N) is 1. The summed E-state index contributed by atoms with van der Waals surface area (Å²) >= 11 is 5.49. The van der Waals surface area contributed by atoms with Crippen LogP contribution in [0.15, 0.2) is 17.3 Å². The summed E-state index contributed by atoms with van der Waals surface area (Å²) in [6, 6.07) is 0. The number of hydrogen-bond acceptors (Lipinski definition) is 7. The first-order valence-corrected chi connectivity index (χ1v) is 6.93. The van der Waals surface area contributed by atoms with Gasteiger partial charge in [0.1, 0.15) is 4.90 Å². The molecular formula is C9H9ClN6O2S. The molecule has 10 heteroatoms. The van der Waals surface area contributed by atoms with E-state index in [9.17, 15) is 8.42 Å². The summed E-state index contributed by atoms with van der Waals surface area (Å²) < 4.78 is 26.1. The van der Waals surface area contributed by atoms with Crippen LogP contribution in [0.25, 0.3) is 0 Å². The summed E-state index contributed by atoms with van der Waals surface area (Å²) in [5.41, 5.74) is 1.21. The third-order valence-corrected chi connectivity index (χ3v) is 3.70. The van der Waals surface area contributed by atoms with Gasteiger partial charge in [-0.3, -0.25) is 0 Å². The molecule has 0 aliphatic rings. The van der Waals surface area contributed by atoms with Gasteiger partial charge in [-0.25, -0.2) is 28.1 Å². The Morgan fingerprint density at radius 1 is 1.11 bits per heavy atom. The fraction of sp³-hybridized carbons (Fsp3) is 0.222. The minimum absolute atomic E-state index is 0.0388. The number of halogens is 1. The molecular weight excluding hydrogens is 292 g/mol. The molecule has 2 rings (SSSR count). The van der Waals surface area contributed by atoms with Crippen LogP contribution < -0.4 is 4.72 Å². The molecule has 0 bridgehead atoms. The summed E-state index contributed by atoms with van der Waals surface area (Å²) in [5.74, 6) is -0.113. The molecule has 1 N–H and O–H groups in total. The second kappa shape index (κ2) is 5.02. The monoisotopic (exact) mass is 300 g/mol. The zero-order valence-electron chi connectivity index (χ0n) is 9.99. The van der Waals surface area contributed by atoms with Crippen molar-refractivity contribution in [2.45, 2.75) is 18.7 Å². The fourth-order valence-electron chi connectivity index (χ4n) is 1.12. The van der Waals surface area contributed by atoms with E-state index >= 15 is 0 Å². The van der Waals surface area contributed by atoms with Gasteiger partial charge in [-0.1, -0.05) is 0 Å². The average Bonchev–Trinajstić information content (AvgIpc) is 2.34. The Morgan fingerprint density at radius 2 is 1.74 bits per heavy atom. The van der Waals surface area contributed by atoms with Crippen molar-refractivity contribution in [2.75, 3.05) is 4.72 Å². The summed E-state index contributed by atoms with van der Waals surface area (Å²) in [6.45, 7) is 3.42. The second-order valence-electron chi connectivity index (χ2n) is 3.60. The minimum atomic E-state index is -3.86. The van der Waals surface area contributed by atoms with Crippen molar-refractivity contribution in [3.63, 3.8) is 0 Å². The van der Waals surface area contributed by atoms with E-state index in [0.717, 1.165) is 12.4 Å². The molecule has 0 saturated carbocycles. The quantitative estimate of drug-likeness (QED) is 0.832. The number of aromatic nitrogens is 5. The van der Waals surface area contributed by atoms with Crippen LogP contribution in [0.2, 0.25) is 5.28 Å². The first kappa shape index (κ1) is 13.6. The van der Waals surface area contributed by atoms with Gasteiger partial charge >= 0.3 is 0 Å². The van der Waals surface area contributed by atoms with Crippen LogP contribution in [0.5, 0.6) is 0 Å². The van der Waals surface area contributed by atoms with Crippen LogP contribution in [0.1, 0.15) is 11.4 Å². The number of hydrogen-bond donors (Lipinski definition) is 1. The molecule has 0 unspecified atom stereocenters. The zero-order chi connectivity index (χ0) is 14.0. The normalized spacial score (nSPS) is 11.3. The first-order chi connectivity index (χ1) is 8.88. The third kappa shape index (κ3) is 3.12. The predicted octanol–water partition coefficient (Wildman–Crippen LogP) is 0.733. The van der Waals surface area contributed by atoms with Gasteiger partial charge in [-0.05, 0) is 25.4 Å². The first-order valence-electron chi connectivity index (χ1n) is 5.07. The molecule has 0 aromatic carbocycles. The second-order valence-corrected chi connectivity index (χ2v) is 5.62. The summed E-state index contributed by atoms with van der Waals surface area (Å²) in [4.78, 5) is 11.0. The highest BCUT2D eigenvalue weighted by Crippen LogP contribution is 2.12. The Morgan fingerprint density at radius 3 is 2.32 bits per heavy atom. The summed E-state index contributed by atoms with van der Waals surface area (Å²) in [7, 11) is -3.86. The maximum absolute atomic E-state index is 12.0. The largest absolute Gasteiger partial charge is 0.267 e. The predicted molar refractivity (Wildman–Crippen MR) is 67.2 cm³/mol. The Kier molecular flexibility index (Phi) is 3.58. The molecule has 100 valence electrons. The topological polar surface area (TPSA) is 111 Å². The molecule has 0 amide bonds. The maximum Gasteiger partial charge on any atom is 0.267 e. The third-order valence-electron chi connectivity index (χ3n) is 2.22. The van der Waals surface area contributed by atoms with Gasteiger partial charge in [0.05, 0.1) is 23.8 Å². The molecule has 0 saturated heterocycles. The van der Waals surface area contributed by atoms with E-state index in [4.69, 9.17) is 11.6 Å². The van der Waals surface area contributed by atoms with Gasteiger partial charge < -0.3 is 0 Å². The lowest BCUT2D eigenvalue weighted by Crippen LogP contribution is -2.16. The van der Waals surface area contributed by atoms with Gasteiger partial charge in [0.2, 0.25) is 5.28 Å². The van der Waals surface area contributed by atoms with E-state index in [-0.39, 0.29) is 16.1 Å². The molecule has 2 aromatic heterocycles. The van der Waals surface area contributed by atoms with E-state index in [1.54, 1.807) is 13.8 Å². The SMILES string of the molecule is Cc1nnc(NS(=O)(=O)c2cnc(Cl)nc2)nc1C. The fourth-order valence-corrected chi connectivity index (χ4v) is 2.04. The Hall–Kier alpha value is -1.87. The smallest absolute Gasteiger partial charge is 0.246 e. The molecule has 19 heavy (non-hydrogen) atoms. The standard InChI is InChI=1S/C9H9ClN6O2S/c1-5-6(2)14-15-9(13-5)16-19(17,18)7-3-11-8(10)12-4-7/h3-4H,1-2H3,(H,13,15,16). The van der Waals surface area contributed by atoms with Crippen LogP contribution in [0.3, 0.4) is 0 Å². The molecule has 2 heterocycles. The molecule has 2 aromatic rings.